The number of carbonyl (C=O) groups excluding carboxylic acids is 2. The van der Waals surface area contributed by atoms with Crippen LogP contribution in [0.25, 0.3) is 0 Å². The Labute approximate surface area is 144 Å². The Morgan fingerprint density at radius 3 is 2.33 bits per heavy atom. The lowest BCUT2D eigenvalue weighted by molar-refractivity contribution is -0.146. The normalized spacial score (nSPS) is 12.6. The maximum absolute atomic E-state index is 12.4. The van der Waals surface area contributed by atoms with Crippen LogP contribution in [0.5, 0.6) is 0 Å². The van der Waals surface area contributed by atoms with Crippen LogP contribution in [0.1, 0.15) is 38.8 Å². The van der Waals surface area contributed by atoms with Crippen molar-refractivity contribution in [3.8, 4) is 0 Å². The Hall–Kier alpha value is -2.08. The predicted molar refractivity (Wildman–Crippen MR) is 92.7 cm³/mol. The third-order valence-electron chi connectivity index (χ3n) is 3.02. The number of alkyl carbamates (subject to hydrolysis) is 1. The van der Waals surface area contributed by atoms with Crippen LogP contribution in [0.15, 0.2) is 30.3 Å². The minimum Gasteiger partial charge on any atom is -0.464 e. The highest BCUT2D eigenvalue weighted by Crippen LogP contribution is 2.16. The number of rotatable bonds is 7. The fourth-order valence-corrected chi connectivity index (χ4v) is 1.99. The minimum absolute atomic E-state index is 0.302. The van der Waals surface area contributed by atoms with Gasteiger partial charge in [-0.05, 0) is 46.9 Å². The molecule has 6 nitrogen and oxygen atoms in total. The van der Waals surface area contributed by atoms with Crippen LogP contribution in [0.4, 0.5) is 4.79 Å². The zero-order valence-electron chi connectivity index (χ0n) is 15.2. The van der Waals surface area contributed by atoms with Crippen LogP contribution >= 0.6 is 0 Å². The van der Waals surface area contributed by atoms with Crippen LogP contribution in [-0.4, -0.2) is 49.8 Å². The largest absolute Gasteiger partial charge is 0.464 e. The highest BCUT2D eigenvalue weighted by Gasteiger charge is 2.26. The standard InChI is InChI=1S/C18H28N2O4/c1-18(2,3)24-17(22)19-15(14-10-7-6-8-11-14)16(21)23-13-9-12-20(4)5/h6-8,10-11,15H,9,12-13H2,1-5H3,(H,19,22). The maximum Gasteiger partial charge on any atom is 0.408 e. The summed E-state index contributed by atoms with van der Waals surface area (Å²) in [5, 5.41) is 2.59. The molecule has 0 aliphatic heterocycles. The van der Waals surface area contributed by atoms with Crippen LogP contribution in [0, 0.1) is 0 Å². The first-order valence-corrected chi connectivity index (χ1v) is 8.05. The number of esters is 1. The van der Waals surface area contributed by atoms with E-state index in [1.807, 2.05) is 25.1 Å². The molecule has 0 saturated carbocycles. The highest BCUT2D eigenvalue weighted by molar-refractivity contribution is 5.82. The van der Waals surface area contributed by atoms with Crippen molar-refractivity contribution < 1.29 is 19.1 Å². The van der Waals surface area contributed by atoms with Crippen molar-refractivity contribution in [3.05, 3.63) is 35.9 Å². The van der Waals surface area contributed by atoms with Crippen molar-refractivity contribution in [2.75, 3.05) is 27.2 Å². The Kier molecular flexibility index (Phi) is 7.71. The van der Waals surface area contributed by atoms with E-state index < -0.39 is 23.7 Å². The molecule has 0 spiro atoms. The second-order valence-corrected chi connectivity index (χ2v) is 6.81. The number of hydrogen-bond acceptors (Lipinski definition) is 5. The van der Waals surface area contributed by atoms with Gasteiger partial charge >= 0.3 is 12.1 Å². The van der Waals surface area contributed by atoms with Gasteiger partial charge in [-0.15, -0.1) is 0 Å². The lowest BCUT2D eigenvalue weighted by Gasteiger charge is -2.23. The fourth-order valence-electron chi connectivity index (χ4n) is 1.99. The van der Waals surface area contributed by atoms with Crippen molar-refractivity contribution in [2.24, 2.45) is 0 Å². The lowest BCUT2D eigenvalue weighted by atomic mass is 10.1. The molecule has 1 aromatic carbocycles. The first-order valence-electron chi connectivity index (χ1n) is 8.05. The van der Waals surface area contributed by atoms with Gasteiger partial charge in [-0.3, -0.25) is 0 Å². The molecule has 0 saturated heterocycles. The Morgan fingerprint density at radius 2 is 1.79 bits per heavy atom. The molecule has 0 heterocycles. The van der Waals surface area contributed by atoms with E-state index in [0.29, 0.717) is 12.2 Å². The SMILES string of the molecule is CN(C)CCCOC(=O)C(NC(=O)OC(C)(C)C)c1ccccc1. The average Bonchev–Trinajstić information content (AvgIpc) is 2.48. The molecule has 1 N–H and O–H groups in total. The summed E-state index contributed by atoms with van der Waals surface area (Å²) in [5.41, 5.74) is 0.0157. The molecular weight excluding hydrogens is 308 g/mol. The topological polar surface area (TPSA) is 67.9 Å². The van der Waals surface area contributed by atoms with Crippen molar-refractivity contribution in [3.63, 3.8) is 0 Å². The van der Waals surface area contributed by atoms with Gasteiger partial charge in [-0.2, -0.15) is 0 Å². The zero-order chi connectivity index (χ0) is 18.2. The molecule has 0 bridgehead atoms. The smallest absolute Gasteiger partial charge is 0.408 e. The fraction of sp³-hybridized carbons (Fsp3) is 0.556. The van der Waals surface area contributed by atoms with Crippen molar-refractivity contribution >= 4 is 12.1 Å². The number of nitrogens with one attached hydrogen (secondary N) is 1. The van der Waals surface area contributed by atoms with Crippen molar-refractivity contribution in [1.29, 1.82) is 0 Å². The van der Waals surface area contributed by atoms with E-state index in [9.17, 15) is 9.59 Å². The number of ether oxygens (including phenoxy) is 2. The molecule has 0 fully saturated rings. The second kappa shape index (κ2) is 9.27. The predicted octanol–water partition coefficient (Wildman–Crippen LogP) is 2.75. The van der Waals surface area contributed by atoms with Crippen LogP contribution in [0.3, 0.4) is 0 Å². The zero-order valence-corrected chi connectivity index (χ0v) is 15.2. The van der Waals surface area contributed by atoms with E-state index in [1.165, 1.54) is 0 Å². The summed E-state index contributed by atoms with van der Waals surface area (Å²) in [7, 11) is 3.91. The van der Waals surface area contributed by atoms with Crippen molar-refractivity contribution in [2.45, 2.75) is 38.8 Å². The molecule has 1 atom stereocenters. The van der Waals surface area contributed by atoms with Gasteiger partial charge < -0.3 is 19.7 Å². The van der Waals surface area contributed by atoms with Crippen LogP contribution < -0.4 is 5.32 Å². The van der Waals surface area contributed by atoms with Gasteiger partial charge in [0.2, 0.25) is 0 Å². The van der Waals surface area contributed by atoms with E-state index in [2.05, 4.69) is 5.32 Å². The quantitative estimate of drug-likeness (QED) is 0.612. The lowest BCUT2D eigenvalue weighted by Crippen LogP contribution is -2.39. The number of nitrogens with zero attached hydrogens (tertiary/aromatic N) is 1. The third-order valence-corrected chi connectivity index (χ3v) is 3.02. The molecule has 24 heavy (non-hydrogen) atoms. The Morgan fingerprint density at radius 1 is 1.17 bits per heavy atom. The van der Waals surface area contributed by atoms with E-state index in [0.717, 1.165) is 13.0 Å². The van der Waals surface area contributed by atoms with E-state index in [1.54, 1.807) is 45.0 Å². The molecule has 1 rings (SSSR count). The van der Waals surface area contributed by atoms with Gasteiger partial charge in [0.25, 0.3) is 0 Å². The number of amides is 1. The molecule has 6 heteroatoms. The highest BCUT2D eigenvalue weighted by atomic mass is 16.6. The summed E-state index contributed by atoms with van der Waals surface area (Å²) in [6, 6.07) is 8.10. The summed E-state index contributed by atoms with van der Waals surface area (Å²) in [5.74, 6) is -0.495. The summed E-state index contributed by atoms with van der Waals surface area (Å²) >= 11 is 0. The molecule has 0 radical (unpaired) electrons. The number of carbonyl (C=O) groups is 2. The van der Waals surface area contributed by atoms with Gasteiger partial charge in [0.1, 0.15) is 5.60 Å². The van der Waals surface area contributed by atoms with Gasteiger partial charge in [-0.1, -0.05) is 30.3 Å². The van der Waals surface area contributed by atoms with Gasteiger partial charge in [0.15, 0.2) is 6.04 Å². The summed E-state index contributed by atoms with van der Waals surface area (Å²) < 4.78 is 10.5. The molecule has 1 amide bonds. The van der Waals surface area contributed by atoms with Crippen LogP contribution in [0.2, 0.25) is 0 Å². The molecule has 1 aromatic rings. The summed E-state index contributed by atoms with van der Waals surface area (Å²) in [4.78, 5) is 26.4. The van der Waals surface area contributed by atoms with Crippen LogP contribution in [-0.2, 0) is 14.3 Å². The van der Waals surface area contributed by atoms with Gasteiger partial charge in [-0.25, -0.2) is 9.59 Å². The van der Waals surface area contributed by atoms with E-state index in [-0.39, 0.29) is 0 Å². The minimum atomic E-state index is -0.889. The average molecular weight is 336 g/mol. The van der Waals surface area contributed by atoms with E-state index in [4.69, 9.17) is 9.47 Å². The second-order valence-electron chi connectivity index (χ2n) is 6.81. The molecule has 0 aliphatic carbocycles. The molecule has 1 unspecified atom stereocenters. The summed E-state index contributed by atoms with van der Waals surface area (Å²) in [6.45, 7) is 6.43. The van der Waals surface area contributed by atoms with Crippen molar-refractivity contribution in [1.82, 2.24) is 10.2 Å². The first kappa shape index (κ1) is 20.0. The summed E-state index contributed by atoms with van der Waals surface area (Å²) in [6.07, 6.45) is 0.0776. The Bertz CT molecular complexity index is 524. The Balaban J connectivity index is 2.72. The molecular formula is C18H28N2O4. The monoisotopic (exact) mass is 336 g/mol. The molecule has 134 valence electrons. The van der Waals surface area contributed by atoms with Gasteiger partial charge in [0.05, 0.1) is 6.61 Å². The maximum atomic E-state index is 12.4. The van der Waals surface area contributed by atoms with Gasteiger partial charge in [0, 0.05) is 6.54 Å². The number of benzene rings is 1. The van der Waals surface area contributed by atoms with E-state index >= 15 is 0 Å². The molecule has 0 aromatic heterocycles. The first-order chi connectivity index (χ1) is 11.2. The molecule has 0 aliphatic rings. The third kappa shape index (κ3) is 7.97. The number of hydrogen-bond donors (Lipinski definition) is 1.